The van der Waals surface area contributed by atoms with E-state index in [-0.39, 0.29) is 6.10 Å². The molecule has 1 aromatic heterocycles. The van der Waals surface area contributed by atoms with Gasteiger partial charge in [0.25, 0.3) is 0 Å². The highest BCUT2D eigenvalue weighted by molar-refractivity contribution is 6.29. The first-order valence-electron chi connectivity index (χ1n) is 5.29. The van der Waals surface area contributed by atoms with Crippen LogP contribution >= 0.6 is 11.6 Å². The molecule has 1 aliphatic rings. The quantitative estimate of drug-likeness (QED) is 0.872. The van der Waals surface area contributed by atoms with E-state index in [4.69, 9.17) is 21.4 Å². The van der Waals surface area contributed by atoms with Gasteiger partial charge in [-0.05, 0) is 6.07 Å². The molecule has 1 aromatic rings. The van der Waals surface area contributed by atoms with E-state index in [1.54, 1.807) is 12.1 Å². The molecule has 1 aliphatic heterocycles. The highest BCUT2D eigenvalue weighted by Crippen LogP contribution is 2.17. The van der Waals surface area contributed by atoms with E-state index < -0.39 is 6.09 Å². The predicted octanol–water partition coefficient (Wildman–Crippen LogP) is 1.65. The monoisotopic (exact) mass is 257 g/mol. The molecule has 0 aliphatic carbocycles. The number of piperidine rings is 1. The second-order valence-electron chi connectivity index (χ2n) is 3.78. The number of likely N-dealkylation sites (tertiary alicyclic amines) is 1. The average molecular weight is 258 g/mol. The van der Waals surface area contributed by atoms with Crippen LogP contribution in [0.15, 0.2) is 12.1 Å². The SMILES string of the molecule is O=C(O)N1CCC(Oc2ccc(Cl)nn2)CC1. The standard InChI is InChI=1S/C10H12ClN3O3/c11-8-1-2-9(13-12-8)17-7-3-5-14(6-4-7)10(15)16/h1-2,7H,3-6H2,(H,15,16). The topological polar surface area (TPSA) is 75.5 Å². The van der Waals surface area contributed by atoms with Crippen molar-refractivity contribution in [3.05, 3.63) is 17.3 Å². The van der Waals surface area contributed by atoms with Gasteiger partial charge in [0.15, 0.2) is 5.15 Å². The number of hydrogen-bond acceptors (Lipinski definition) is 4. The van der Waals surface area contributed by atoms with Gasteiger partial charge in [0.1, 0.15) is 6.10 Å². The molecule has 0 saturated carbocycles. The third-order valence-electron chi connectivity index (χ3n) is 2.61. The number of amides is 1. The van der Waals surface area contributed by atoms with Gasteiger partial charge in [0.2, 0.25) is 5.88 Å². The zero-order valence-electron chi connectivity index (χ0n) is 9.04. The molecule has 1 saturated heterocycles. The van der Waals surface area contributed by atoms with Crippen LogP contribution in [-0.4, -0.2) is 45.5 Å². The summed E-state index contributed by atoms with van der Waals surface area (Å²) in [5.74, 6) is 0.420. The third kappa shape index (κ3) is 3.20. The van der Waals surface area contributed by atoms with Gasteiger partial charge < -0.3 is 14.7 Å². The van der Waals surface area contributed by atoms with Crippen LogP contribution in [0.25, 0.3) is 0 Å². The summed E-state index contributed by atoms with van der Waals surface area (Å²) in [7, 11) is 0. The second-order valence-corrected chi connectivity index (χ2v) is 4.17. The van der Waals surface area contributed by atoms with Crippen LogP contribution in [0, 0.1) is 0 Å². The van der Waals surface area contributed by atoms with Gasteiger partial charge >= 0.3 is 6.09 Å². The number of carboxylic acid groups (broad SMARTS) is 1. The van der Waals surface area contributed by atoms with Gasteiger partial charge in [0, 0.05) is 32.0 Å². The average Bonchev–Trinajstić information content (AvgIpc) is 2.33. The first-order chi connectivity index (χ1) is 8.15. The van der Waals surface area contributed by atoms with E-state index in [1.165, 1.54) is 4.90 Å². The normalized spacial score (nSPS) is 16.9. The Hall–Kier alpha value is -1.56. The highest BCUT2D eigenvalue weighted by atomic mass is 35.5. The maximum Gasteiger partial charge on any atom is 0.407 e. The first-order valence-corrected chi connectivity index (χ1v) is 5.66. The molecule has 1 fully saturated rings. The molecule has 92 valence electrons. The molecule has 6 nitrogen and oxygen atoms in total. The van der Waals surface area contributed by atoms with Crippen LogP contribution in [0.1, 0.15) is 12.8 Å². The van der Waals surface area contributed by atoms with Crippen LogP contribution in [0.4, 0.5) is 4.79 Å². The smallest absolute Gasteiger partial charge is 0.407 e. The second kappa shape index (κ2) is 5.18. The van der Waals surface area contributed by atoms with E-state index in [1.807, 2.05) is 0 Å². The Balaban J connectivity index is 1.85. The minimum atomic E-state index is -0.880. The Morgan fingerprint density at radius 3 is 2.65 bits per heavy atom. The maximum absolute atomic E-state index is 10.7. The summed E-state index contributed by atoms with van der Waals surface area (Å²) in [5, 5.41) is 16.6. The van der Waals surface area contributed by atoms with Crippen molar-refractivity contribution in [2.45, 2.75) is 18.9 Å². The summed E-state index contributed by atoms with van der Waals surface area (Å²) >= 11 is 5.61. The molecular weight excluding hydrogens is 246 g/mol. The van der Waals surface area contributed by atoms with Crippen molar-refractivity contribution in [3.8, 4) is 5.88 Å². The van der Waals surface area contributed by atoms with Gasteiger partial charge in [-0.1, -0.05) is 11.6 Å². The summed E-state index contributed by atoms with van der Waals surface area (Å²) in [6.07, 6.45) is 0.434. The summed E-state index contributed by atoms with van der Waals surface area (Å²) in [5.41, 5.74) is 0. The Morgan fingerprint density at radius 1 is 1.41 bits per heavy atom. The maximum atomic E-state index is 10.7. The molecule has 0 aromatic carbocycles. The zero-order chi connectivity index (χ0) is 12.3. The van der Waals surface area contributed by atoms with Gasteiger partial charge in [-0.3, -0.25) is 0 Å². The van der Waals surface area contributed by atoms with Crippen LogP contribution in [-0.2, 0) is 0 Å². The summed E-state index contributed by atoms with van der Waals surface area (Å²) in [6.45, 7) is 0.974. The molecular formula is C10H12ClN3O3. The van der Waals surface area contributed by atoms with Gasteiger partial charge in [-0.15, -0.1) is 10.2 Å². The molecule has 0 bridgehead atoms. The molecule has 1 amide bonds. The van der Waals surface area contributed by atoms with Gasteiger partial charge in [0.05, 0.1) is 0 Å². The molecule has 0 spiro atoms. The summed E-state index contributed by atoms with van der Waals surface area (Å²) in [4.78, 5) is 12.1. The number of ether oxygens (including phenoxy) is 1. The Kier molecular flexibility index (Phi) is 3.63. The van der Waals surface area contributed by atoms with Crippen molar-refractivity contribution in [1.82, 2.24) is 15.1 Å². The van der Waals surface area contributed by atoms with E-state index >= 15 is 0 Å². The molecule has 0 unspecified atom stereocenters. The lowest BCUT2D eigenvalue weighted by molar-refractivity contribution is 0.0865. The number of carbonyl (C=O) groups is 1. The number of nitrogens with zero attached hydrogens (tertiary/aromatic N) is 3. The number of hydrogen-bond donors (Lipinski definition) is 1. The number of aromatic nitrogens is 2. The first kappa shape index (κ1) is 11.9. The van der Waals surface area contributed by atoms with Crippen molar-refractivity contribution in [2.75, 3.05) is 13.1 Å². The molecule has 1 N–H and O–H groups in total. The van der Waals surface area contributed by atoms with E-state index in [0.29, 0.717) is 37.0 Å². The summed E-state index contributed by atoms with van der Waals surface area (Å²) < 4.78 is 5.59. The Bertz CT molecular complexity index is 390. The molecule has 0 atom stereocenters. The molecule has 2 heterocycles. The van der Waals surface area contributed by atoms with Crippen LogP contribution < -0.4 is 4.74 Å². The minimum absolute atomic E-state index is 0.0129. The Morgan fingerprint density at radius 2 is 2.12 bits per heavy atom. The lowest BCUT2D eigenvalue weighted by atomic mass is 10.1. The largest absolute Gasteiger partial charge is 0.473 e. The van der Waals surface area contributed by atoms with Crippen molar-refractivity contribution in [2.24, 2.45) is 0 Å². The van der Waals surface area contributed by atoms with Crippen molar-refractivity contribution < 1.29 is 14.6 Å². The lowest BCUT2D eigenvalue weighted by Crippen LogP contribution is -2.41. The molecule has 17 heavy (non-hydrogen) atoms. The minimum Gasteiger partial charge on any atom is -0.473 e. The van der Waals surface area contributed by atoms with Gasteiger partial charge in [-0.25, -0.2) is 4.79 Å². The van der Waals surface area contributed by atoms with Crippen LogP contribution in [0.2, 0.25) is 5.15 Å². The molecule has 7 heteroatoms. The van der Waals surface area contributed by atoms with Crippen LogP contribution in [0.5, 0.6) is 5.88 Å². The predicted molar refractivity (Wildman–Crippen MR) is 60.3 cm³/mol. The fourth-order valence-corrected chi connectivity index (χ4v) is 1.80. The van der Waals surface area contributed by atoms with E-state index in [0.717, 1.165) is 0 Å². The highest BCUT2D eigenvalue weighted by Gasteiger charge is 2.23. The lowest BCUT2D eigenvalue weighted by Gasteiger charge is -2.29. The molecule has 2 rings (SSSR count). The fourth-order valence-electron chi connectivity index (χ4n) is 1.70. The zero-order valence-corrected chi connectivity index (χ0v) is 9.80. The number of halogens is 1. The third-order valence-corrected chi connectivity index (χ3v) is 2.81. The molecule has 0 radical (unpaired) electrons. The summed E-state index contributed by atoms with van der Waals surface area (Å²) in [6, 6.07) is 3.26. The van der Waals surface area contributed by atoms with E-state index in [2.05, 4.69) is 10.2 Å². The van der Waals surface area contributed by atoms with Crippen molar-refractivity contribution in [3.63, 3.8) is 0 Å². The fraction of sp³-hybridized carbons (Fsp3) is 0.500. The Labute approximate surface area is 103 Å². The van der Waals surface area contributed by atoms with Crippen LogP contribution in [0.3, 0.4) is 0 Å². The van der Waals surface area contributed by atoms with E-state index in [9.17, 15) is 4.79 Å². The van der Waals surface area contributed by atoms with Crippen molar-refractivity contribution in [1.29, 1.82) is 0 Å². The number of rotatable bonds is 2. The van der Waals surface area contributed by atoms with Gasteiger partial charge in [-0.2, -0.15) is 0 Å². The van der Waals surface area contributed by atoms with Crippen molar-refractivity contribution >= 4 is 17.7 Å².